The van der Waals surface area contributed by atoms with Crippen molar-refractivity contribution in [3.63, 3.8) is 0 Å². The second-order valence-electron chi connectivity index (χ2n) is 8.75. The van der Waals surface area contributed by atoms with Gasteiger partial charge in [0, 0.05) is 6.42 Å². The van der Waals surface area contributed by atoms with E-state index in [9.17, 15) is 15.0 Å². The number of hydrogen-bond acceptors (Lipinski definition) is 4. The Kier molecular flexibility index (Phi) is 13.0. The second-order valence-corrected chi connectivity index (χ2v) is 8.75. The lowest BCUT2D eigenvalue weighted by molar-refractivity contribution is -0.147. The third-order valence-electron chi connectivity index (χ3n) is 5.95. The van der Waals surface area contributed by atoms with E-state index in [0.717, 1.165) is 38.5 Å². The zero-order valence-corrected chi connectivity index (χ0v) is 18.0. The molecule has 0 aromatic carbocycles. The van der Waals surface area contributed by atoms with Crippen molar-refractivity contribution < 1.29 is 19.7 Å². The average molecular weight is 385 g/mol. The van der Waals surface area contributed by atoms with Gasteiger partial charge >= 0.3 is 5.97 Å². The van der Waals surface area contributed by atoms with Crippen molar-refractivity contribution in [1.29, 1.82) is 0 Å². The van der Waals surface area contributed by atoms with Crippen LogP contribution in [0.1, 0.15) is 111 Å². The van der Waals surface area contributed by atoms with Crippen molar-refractivity contribution in [2.45, 2.75) is 129 Å². The number of esters is 1. The highest BCUT2D eigenvalue weighted by Crippen LogP contribution is 2.39. The summed E-state index contributed by atoms with van der Waals surface area (Å²) in [7, 11) is 0. The average Bonchev–Trinajstić information content (AvgIpc) is 2.86. The Morgan fingerprint density at radius 2 is 1.33 bits per heavy atom. The van der Waals surface area contributed by atoms with E-state index in [1.54, 1.807) is 0 Å². The number of aliphatic hydroxyl groups excluding tert-OH is 2. The highest BCUT2D eigenvalue weighted by molar-refractivity contribution is 5.69. The number of carbonyl (C=O) groups is 1. The van der Waals surface area contributed by atoms with E-state index in [2.05, 4.69) is 6.92 Å². The minimum Gasteiger partial charge on any atom is -0.463 e. The van der Waals surface area contributed by atoms with Crippen molar-refractivity contribution in [3.8, 4) is 0 Å². The van der Waals surface area contributed by atoms with E-state index in [1.165, 1.54) is 38.5 Å². The highest BCUT2D eigenvalue weighted by atomic mass is 16.5. The summed E-state index contributed by atoms with van der Waals surface area (Å²) in [6, 6.07) is 0. The largest absolute Gasteiger partial charge is 0.463 e. The molecule has 4 atom stereocenters. The molecule has 1 saturated carbocycles. The number of aliphatic hydroxyl groups is 2. The predicted octanol–water partition coefficient (Wildman–Crippen LogP) is 5.39. The van der Waals surface area contributed by atoms with Gasteiger partial charge in [0.05, 0.1) is 18.3 Å². The summed E-state index contributed by atoms with van der Waals surface area (Å²) < 4.78 is 5.15. The van der Waals surface area contributed by atoms with E-state index in [4.69, 9.17) is 4.74 Å². The molecule has 0 heterocycles. The second kappa shape index (κ2) is 14.4. The zero-order valence-electron chi connectivity index (χ0n) is 18.0. The molecular formula is C23H44O4. The van der Waals surface area contributed by atoms with Crippen LogP contribution in [0, 0.1) is 11.8 Å². The first-order chi connectivity index (χ1) is 13.0. The van der Waals surface area contributed by atoms with Gasteiger partial charge in [-0.2, -0.15) is 0 Å². The van der Waals surface area contributed by atoms with Crippen LogP contribution in [0.3, 0.4) is 0 Å². The first-order valence-electron chi connectivity index (χ1n) is 11.5. The zero-order chi connectivity index (χ0) is 20.1. The van der Waals surface area contributed by atoms with E-state index < -0.39 is 0 Å². The van der Waals surface area contributed by atoms with Gasteiger partial charge in [0.15, 0.2) is 0 Å². The Morgan fingerprint density at radius 3 is 1.85 bits per heavy atom. The number of rotatable bonds is 15. The number of ether oxygens (including phenoxy) is 1. The normalized spacial score (nSPS) is 25.3. The van der Waals surface area contributed by atoms with Crippen LogP contribution in [0.2, 0.25) is 0 Å². The SMILES string of the molecule is CCCCCCCC[C@@H]1[C@@H](CCCCCCC(=O)OC(C)C)[C@@H](O)C[C@@H]1O. The molecule has 1 rings (SSSR count). The van der Waals surface area contributed by atoms with E-state index in [1.807, 2.05) is 13.8 Å². The molecule has 0 saturated heterocycles. The third-order valence-corrected chi connectivity index (χ3v) is 5.95. The van der Waals surface area contributed by atoms with Crippen LogP contribution in [0.4, 0.5) is 0 Å². The number of unbranched alkanes of at least 4 members (excludes halogenated alkanes) is 8. The maximum absolute atomic E-state index is 11.5. The third kappa shape index (κ3) is 10.5. The smallest absolute Gasteiger partial charge is 0.306 e. The molecule has 0 aromatic rings. The lowest BCUT2D eigenvalue weighted by Gasteiger charge is -2.23. The highest BCUT2D eigenvalue weighted by Gasteiger charge is 2.40. The molecule has 27 heavy (non-hydrogen) atoms. The van der Waals surface area contributed by atoms with Crippen molar-refractivity contribution >= 4 is 5.97 Å². The Bertz CT molecular complexity index is 383. The molecule has 4 nitrogen and oxygen atoms in total. The standard InChI is InChI=1S/C23H44O4/c1-4-5-6-7-8-11-14-19-20(22(25)17-21(19)24)15-12-9-10-13-16-23(26)27-18(2)3/h18-22,24-25H,4-17H2,1-3H3/t19-,20-,21+,22+/m1/s1. The van der Waals surface area contributed by atoms with Gasteiger partial charge in [-0.25, -0.2) is 0 Å². The molecule has 0 bridgehead atoms. The van der Waals surface area contributed by atoms with Crippen LogP contribution in [0.5, 0.6) is 0 Å². The molecule has 0 aromatic heterocycles. The predicted molar refractivity (Wildman–Crippen MR) is 111 cm³/mol. The number of carbonyl (C=O) groups excluding carboxylic acids is 1. The Balaban J connectivity index is 2.17. The van der Waals surface area contributed by atoms with Gasteiger partial charge in [-0.3, -0.25) is 4.79 Å². The first-order valence-corrected chi connectivity index (χ1v) is 11.5. The fourth-order valence-corrected chi connectivity index (χ4v) is 4.47. The van der Waals surface area contributed by atoms with Crippen molar-refractivity contribution in [2.24, 2.45) is 11.8 Å². The summed E-state index contributed by atoms with van der Waals surface area (Å²) >= 11 is 0. The Hall–Kier alpha value is -0.610. The molecule has 0 unspecified atom stereocenters. The van der Waals surface area contributed by atoms with Crippen LogP contribution in [0.25, 0.3) is 0 Å². The van der Waals surface area contributed by atoms with Gasteiger partial charge in [-0.15, -0.1) is 0 Å². The minimum absolute atomic E-state index is 0.0311. The summed E-state index contributed by atoms with van der Waals surface area (Å²) in [5, 5.41) is 20.7. The van der Waals surface area contributed by atoms with E-state index in [-0.39, 0.29) is 36.1 Å². The first kappa shape index (κ1) is 24.4. The molecule has 1 aliphatic rings. The summed E-state index contributed by atoms with van der Waals surface area (Å²) in [6.45, 7) is 5.99. The van der Waals surface area contributed by atoms with Crippen LogP contribution in [0.15, 0.2) is 0 Å². The summed E-state index contributed by atoms with van der Waals surface area (Å²) in [4.78, 5) is 11.5. The number of hydrogen-bond donors (Lipinski definition) is 2. The maximum atomic E-state index is 11.5. The van der Waals surface area contributed by atoms with Crippen LogP contribution in [-0.4, -0.2) is 34.5 Å². The Labute approximate surface area is 167 Å². The fraction of sp³-hybridized carbons (Fsp3) is 0.957. The molecular weight excluding hydrogens is 340 g/mol. The Morgan fingerprint density at radius 1 is 0.852 bits per heavy atom. The van der Waals surface area contributed by atoms with E-state index >= 15 is 0 Å². The van der Waals surface area contributed by atoms with Gasteiger partial charge in [0.2, 0.25) is 0 Å². The van der Waals surface area contributed by atoms with Gasteiger partial charge in [-0.1, -0.05) is 64.7 Å². The molecule has 1 fully saturated rings. The molecule has 1 aliphatic carbocycles. The summed E-state index contributed by atoms with van der Waals surface area (Å²) in [5.41, 5.74) is 0. The molecule has 0 amide bonds. The fourth-order valence-electron chi connectivity index (χ4n) is 4.47. The molecule has 4 heteroatoms. The molecule has 0 radical (unpaired) electrons. The quantitative estimate of drug-likeness (QED) is 0.293. The van der Waals surface area contributed by atoms with Gasteiger partial charge in [0.25, 0.3) is 0 Å². The molecule has 0 spiro atoms. The molecule has 160 valence electrons. The molecule has 2 N–H and O–H groups in total. The topological polar surface area (TPSA) is 66.8 Å². The van der Waals surface area contributed by atoms with Crippen molar-refractivity contribution in [1.82, 2.24) is 0 Å². The van der Waals surface area contributed by atoms with Crippen LogP contribution < -0.4 is 0 Å². The van der Waals surface area contributed by atoms with Gasteiger partial charge < -0.3 is 14.9 Å². The van der Waals surface area contributed by atoms with Gasteiger partial charge in [-0.05, 0) is 51.4 Å². The maximum Gasteiger partial charge on any atom is 0.306 e. The summed E-state index contributed by atoms with van der Waals surface area (Å²) in [6.07, 6.45) is 14.1. The lowest BCUT2D eigenvalue weighted by Crippen LogP contribution is -2.22. The summed E-state index contributed by atoms with van der Waals surface area (Å²) in [5.74, 6) is 0.423. The van der Waals surface area contributed by atoms with Crippen LogP contribution in [-0.2, 0) is 9.53 Å². The minimum atomic E-state index is -0.342. The lowest BCUT2D eigenvalue weighted by atomic mass is 9.85. The van der Waals surface area contributed by atoms with E-state index in [0.29, 0.717) is 12.8 Å². The monoisotopic (exact) mass is 384 g/mol. The molecule has 0 aliphatic heterocycles. The van der Waals surface area contributed by atoms with Crippen LogP contribution >= 0.6 is 0 Å². The van der Waals surface area contributed by atoms with Gasteiger partial charge in [0.1, 0.15) is 0 Å². The van der Waals surface area contributed by atoms with Crippen molar-refractivity contribution in [3.05, 3.63) is 0 Å². The van der Waals surface area contributed by atoms with Crippen molar-refractivity contribution in [2.75, 3.05) is 0 Å².